The van der Waals surface area contributed by atoms with Crippen molar-refractivity contribution in [2.75, 3.05) is 0 Å². The summed E-state index contributed by atoms with van der Waals surface area (Å²) < 4.78 is 11.7. The molecule has 0 bridgehead atoms. The summed E-state index contributed by atoms with van der Waals surface area (Å²) in [4.78, 5) is 17.7. The van der Waals surface area contributed by atoms with Crippen LogP contribution in [0.3, 0.4) is 0 Å². The van der Waals surface area contributed by atoms with E-state index in [1.807, 2.05) is 49.4 Å². The van der Waals surface area contributed by atoms with Crippen LogP contribution in [0.5, 0.6) is 5.75 Å². The van der Waals surface area contributed by atoms with Crippen molar-refractivity contribution < 1.29 is 4.74 Å². The fourth-order valence-electron chi connectivity index (χ4n) is 3.25. The first-order valence-corrected chi connectivity index (χ1v) is 14.0. The fourth-order valence-corrected chi connectivity index (χ4v) is 6.22. The summed E-state index contributed by atoms with van der Waals surface area (Å²) in [6, 6.07) is 15.2. The van der Waals surface area contributed by atoms with E-state index in [0.717, 1.165) is 33.5 Å². The first kappa shape index (κ1) is 25.8. The van der Waals surface area contributed by atoms with Gasteiger partial charge in [0.1, 0.15) is 18.2 Å². The van der Waals surface area contributed by atoms with E-state index in [1.54, 1.807) is 12.3 Å². The predicted molar refractivity (Wildman–Crippen MR) is 154 cm³/mol. The van der Waals surface area contributed by atoms with Crippen LogP contribution in [-0.4, -0.2) is 15.9 Å². The quantitative estimate of drug-likeness (QED) is 0.186. The molecule has 0 amide bonds. The van der Waals surface area contributed by atoms with Crippen LogP contribution in [-0.2, 0) is 13.0 Å². The molecule has 0 aliphatic carbocycles. The Balaban J connectivity index is 1.62. The molecule has 0 spiro atoms. The number of benzene rings is 3. The number of hydrogen-bond acceptors (Lipinski definition) is 4. The van der Waals surface area contributed by atoms with Crippen LogP contribution in [0.15, 0.2) is 80.8 Å². The van der Waals surface area contributed by atoms with Crippen LogP contribution in [0.25, 0.3) is 10.9 Å². The molecule has 0 saturated carbocycles. The number of halogens is 5. The minimum atomic E-state index is -0.211. The third kappa shape index (κ3) is 5.73. The zero-order valence-electron chi connectivity index (χ0n) is 17.7. The maximum atomic E-state index is 13.1. The highest BCUT2D eigenvalue weighted by Gasteiger charge is 2.12. The average molecular weight is 778 g/mol. The van der Waals surface area contributed by atoms with E-state index < -0.39 is 0 Å². The molecular formula is C24H16Br5N3O2. The summed E-state index contributed by atoms with van der Waals surface area (Å²) in [5.41, 5.74) is 2.26. The lowest BCUT2D eigenvalue weighted by atomic mass is 10.2. The molecule has 0 atom stereocenters. The monoisotopic (exact) mass is 773 g/mol. The standard InChI is InChI=1S/C24H16Br5N3O2/c1-2-22-31-21-6-5-15(25)9-17(21)24(33)32(22)30-11-13-7-19(28)23(20(29)8-13)34-12-14-3-4-16(26)10-18(14)27/h3-11H,2,12H2,1H3. The molecular weight excluding hydrogens is 762 g/mol. The van der Waals surface area contributed by atoms with Gasteiger partial charge in [0, 0.05) is 25.4 Å². The van der Waals surface area contributed by atoms with Crippen molar-refractivity contribution >= 4 is 96.8 Å². The second-order valence-electron chi connectivity index (χ2n) is 7.24. The molecule has 0 N–H and O–H groups in total. The van der Waals surface area contributed by atoms with E-state index >= 15 is 0 Å². The Morgan fingerprint density at radius 1 is 0.941 bits per heavy atom. The molecule has 0 radical (unpaired) electrons. The highest BCUT2D eigenvalue weighted by molar-refractivity contribution is 9.11. The maximum absolute atomic E-state index is 13.1. The van der Waals surface area contributed by atoms with E-state index in [1.165, 1.54) is 4.68 Å². The van der Waals surface area contributed by atoms with Gasteiger partial charge in [0.05, 0.1) is 26.1 Å². The van der Waals surface area contributed by atoms with Crippen molar-refractivity contribution in [3.05, 3.63) is 98.2 Å². The molecule has 34 heavy (non-hydrogen) atoms. The Bertz CT molecular complexity index is 1460. The van der Waals surface area contributed by atoms with Crippen LogP contribution in [0, 0.1) is 0 Å². The third-order valence-corrected chi connectivity index (χ3v) is 7.82. The van der Waals surface area contributed by atoms with E-state index in [4.69, 9.17) is 4.74 Å². The molecule has 1 heterocycles. The Hall–Kier alpha value is -1.33. The summed E-state index contributed by atoms with van der Waals surface area (Å²) in [7, 11) is 0. The second kappa shape index (κ2) is 11.2. The number of ether oxygens (including phenoxy) is 1. The molecule has 4 rings (SSSR count). The Morgan fingerprint density at radius 3 is 2.29 bits per heavy atom. The van der Waals surface area contributed by atoms with Crippen molar-refractivity contribution in [3.8, 4) is 5.75 Å². The number of aromatic nitrogens is 2. The zero-order chi connectivity index (χ0) is 24.4. The molecule has 1 aromatic heterocycles. The topological polar surface area (TPSA) is 56.5 Å². The SMILES string of the molecule is CCc1nc2ccc(Br)cc2c(=O)n1N=Cc1cc(Br)c(OCc2ccc(Br)cc2Br)c(Br)c1. The second-order valence-corrected chi connectivity index (χ2v) is 11.6. The van der Waals surface area contributed by atoms with Crippen molar-refractivity contribution in [3.63, 3.8) is 0 Å². The fraction of sp³-hybridized carbons (Fsp3) is 0.125. The van der Waals surface area contributed by atoms with Gasteiger partial charge in [-0.15, -0.1) is 0 Å². The third-order valence-electron chi connectivity index (χ3n) is 4.92. The van der Waals surface area contributed by atoms with E-state index in [2.05, 4.69) is 89.7 Å². The summed E-state index contributed by atoms with van der Waals surface area (Å²) in [6.45, 7) is 2.34. The van der Waals surface area contributed by atoms with Gasteiger partial charge in [0.2, 0.25) is 0 Å². The van der Waals surface area contributed by atoms with Gasteiger partial charge in [0.15, 0.2) is 0 Å². The number of nitrogens with zero attached hydrogens (tertiary/aromatic N) is 3. The smallest absolute Gasteiger partial charge is 0.282 e. The molecule has 5 nitrogen and oxygen atoms in total. The van der Waals surface area contributed by atoms with Gasteiger partial charge in [0.25, 0.3) is 5.56 Å². The van der Waals surface area contributed by atoms with Crippen LogP contribution >= 0.6 is 79.6 Å². The minimum absolute atomic E-state index is 0.211. The number of aryl methyl sites for hydroxylation is 1. The number of fused-ring (bicyclic) bond motifs is 1. The first-order chi connectivity index (χ1) is 16.3. The van der Waals surface area contributed by atoms with Gasteiger partial charge in [-0.3, -0.25) is 4.79 Å². The Morgan fingerprint density at radius 2 is 1.62 bits per heavy atom. The van der Waals surface area contributed by atoms with Crippen LogP contribution in [0.4, 0.5) is 0 Å². The molecule has 0 fully saturated rings. The van der Waals surface area contributed by atoms with Gasteiger partial charge in [-0.25, -0.2) is 4.98 Å². The van der Waals surface area contributed by atoms with Gasteiger partial charge >= 0.3 is 0 Å². The van der Waals surface area contributed by atoms with E-state index in [0.29, 0.717) is 35.5 Å². The predicted octanol–water partition coefficient (Wildman–Crippen LogP) is 8.23. The summed E-state index contributed by atoms with van der Waals surface area (Å²) in [5.74, 6) is 1.27. The number of hydrogen-bond donors (Lipinski definition) is 0. The van der Waals surface area contributed by atoms with Gasteiger partial charge in [-0.05, 0) is 79.9 Å². The van der Waals surface area contributed by atoms with Gasteiger partial charge in [-0.1, -0.05) is 60.8 Å². The molecule has 0 aliphatic rings. The molecule has 174 valence electrons. The van der Waals surface area contributed by atoms with Crippen molar-refractivity contribution in [2.24, 2.45) is 5.10 Å². The van der Waals surface area contributed by atoms with Crippen molar-refractivity contribution in [1.29, 1.82) is 0 Å². The first-order valence-electron chi connectivity index (χ1n) is 10.1. The summed E-state index contributed by atoms with van der Waals surface area (Å²) in [5, 5.41) is 4.97. The average Bonchev–Trinajstić information content (AvgIpc) is 2.79. The van der Waals surface area contributed by atoms with Gasteiger partial charge < -0.3 is 4.74 Å². The Kier molecular flexibility index (Phi) is 8.45. The highest BCUT2D eigenvalue weighted by Crippen LogP contribution is 2.35. The Labute approximate surface area is 238 Å². The summed E-state index contributed by atoms with van der Waals surface area (Å²) >= 11 is 17.6. The van der Waals surface area contributed by atoms with Gasteiger partial charge in [-0.2, -0.15) is 9.78 Å². The van der Waals surface area contributed by atoms with Crippen molar-refractivity contribution in [2.45, 2.75) is 20.0 Å². The molecule has 4 aromatic rings. The van der Waals surface area contributed by atoms with Crippen LogP contribution in [0.2, 0.25) is 0 Å². The lowest BCUT2D eigenvalue weighted by Crippen LogP contribution is -2.22. The van der Waals surface area contributed by atoms with E-state index in [-0.39, 0.29) is 5.56 Å². The number of rotatable bonds is 6. The molecule has 0 aliphatic heterocycles. The molecule has 3 aromatic carbocycles. The largest absolute Gasteiger partial charge is 0.486 e. The maximum Gasteiger partial charge on any atom is 0.282 e. The van der Waals surface area contributed by atoms with Crippen LogP contribution < -0.4 is 10.3 Å². The zero-order valence-corrected chi connectivity index (χ0v) is 25.6. The van der Waals surface area contributed by atoms with Crippen molar-refractivity contribution in [1.82, 2.24) is 9.66 Å². The highest BCUT2D eigenvalue weighted by atomic mass is 79.9. The molecule has 0 saturated heterocycles. The molecule has 10 heteroatoms. The van der Waals surface area contributed by atoms with Crippen LogP contribution in [0.1, 0.15) is 23.9 Å². The summed E-state index contributed by atoms with van der Waals surface area (Å²) in [6.07, 6.45) is 2.21. The lowest BCUT2D eigenvalue weighted by Gasteiger charge is -2.13. The minimum Gasteiger partial charge on any atom is -0.486 e. The normalized spacial score (nSPS) is 11.5. The lowest BCUT2D eigenvalue weighted by molar-refractivity contribution is 0.301. The molecule has 0 unspecified atom stereocenters. The van der Waals surface area contributed by atoms with E-state index in [9.17, 15) is 4.79 Å².